The molecule has 2 rings (SSSR count). The van der Waals surface area contributed by atoms with E-state index in [9.17, 15) is 0 Å². The number of aromatic amines is 1. The van der Waals surface area contributed by atoms with Gasteiger partial charge >= 0.3 is 0 Å². The number of fused-ring (bicyclic) bond motifs is 1. The predicted octanol–water partition coefficient (Wildman–Crippen LogP) is 7.14. The molecule has 0 atom stereocenters. The number of H-pyrrole nitrogens is 1. The van der Waals surface area contributed by atoms with E-state index < -0.39 is 0 Å². The fourth-order valence-corrected chi connectivity index (χ4v) is 3.92. The molecule has 0 aliphatic rings. The summed E-state index contributed by atoms with van der Waals surface area (Å²) in [6.07, 6.45) is 20.9. The Kier molecular flexibility index (Phi) is 11.8. The number of rotatable bonds is 17. The van der Waals surface area contributed by atoms with Crippen LogP contribution >= 0.6 is 0 Å². The van der Waals surface area contributed by atoms with Crippen molar-refractivity contribution in [2.24, 2.45) is 5.73 Å². The van der Waals surface area contributed by atoms with Crippen LogP contribution in [0.1, 0.15) is 96.0 Å². The molecule has 158 valence electrons. The standard InChI is InChI=1S/C25H42N2O/c1-2-3-4-5-6-7-8-9-10-11-12-13-14-19-28-23-15-16-25-24(20-23)22(17-18-26)21-27-25/h15-16,20-21,27H,2-14,17-19,26H2,1H3. The Morgan fingerprint density at radius 2 is 1.43 bits per heavy atom. The zero-order valence-electron chi connectivity index (χ0n) is 18.1. The molecular weight excluding hydrogens is 344 g/mol. The summed E-state index contributed by atoms with van der Waals surface area (Å²) in [6, 6.07) is 6.32. The highest BCUT2D eigenvalue weighted by Gasteiger charge is 2.04. The molecule has 0 fully saturated rings. The van der Waals surface area contributed by atoms with Crippen molar-refractivity contribution in [2.75, 3.05) is 13.2 Å². The molecule has 28 heavy (non-hydrogen) atoms. The van der Waals surface area contributed by atoms with Crippen molar-refractivity contribution < 1.29 is 4.74 Å². The third-order valence-corrected chi connectivity index (χ3v) is 5.67. The maximum Gasteiger partial charge on any atom is 0.120 e. The lowest BCUT2D eigenvalue weighted by Gasteiger charge is -2.07. The van der Waals surface area contributed by atoms with Crippen molar-refractivity contribution in [3.63, 3.8) is 0 Å². The van der Waals surface area contributed by atoms with Crippen molar-refractivity contribution in [3.05, 3.63) is 30.0 Å². The molecule has 2 aromatic rings. The van der Waals surface area contributed by atoms with Crippen LogP contribution in [0.5, 0.6) is 5.75 Å². The second-order valence-corrected chi connectivity index (χ2v) is 8.15. The number of benzene rings is 1. The van der Waals surface area contributed by atoms with Crippen LogP contribution in [0.15, 0.2) is 24.4 Å². The van der Waals surface area contributed by atoms with Crippen LogP contribution < -0.4 is 10.5 Å². The summed E-state index contributed by atoms with van der Waals surface area (Å²) in [4.78, 5) is 3.31. The topological polar surface area (TPSA) is 51.0 Å². The van der Waals surface area contributed by atoms with Crippen LogP contribution in [0, 0.1) is 0 Å². The molecule has 0 spiro atoms. The van der Waals surface area contributed by atoms with E-state index in [0.717, 1.165) is 30.7 Å². The predicted molar refractivity (Wildman–Crippen MR) is 122 cm³/mol. The molecule has 1 aromatic carbocycles. The van der Waals surface area contributed by atoms with Gasteiger partial charge in [-0.1, -0.05) is 84.0 Å². The van der Waals surface area contributed by atoms with E-state index in [-0.39, 0.29) is 0 Å². The van der Waals surface area contributed by atoms with Crippen LogP contribution in [-0.4, -0.2) is 18.1 Å². The van der Waals surface area contributed by atoms with E-state index in [1.807, 2.05) is 0 Å². The average molecular weight is 387 g/mol. The minimum Gasteiger partial charge on any atom is -0.494 e. The molecular formula is C25H42N2O. The SMILES string of the molecule is CCCCCCCCCCCCCCCOc1ccc2[nH]cc(CCN)c2c1. The molecule has 3 N–H and O–H groups in total. The Balaban J connectivity index is 1.46. The monoisotopic (exact) mass is 386 g/mol. The first-order valence-electron chi connectivity index (χ1n) is 11.8. The highest BCUT2D eigenvalue weighted by molar-refractivity contribution is 5.84. The summed E-state index contributed by atoms with van der Waals surface area (Å²) in [5, 5.41) is 1.24. The molecule has 1 aromatic heterocycles. The van der Waals surface area contributed by atoms with Crippen LogP contribution in [0.3, 0.4) is 0 Å². The first-order valence-corrected chi connectivity index (χ1v) is 11.8. The quantitative estimate of drug-likeness (QED) is 0.284. The van der Waals surface area contributed by atoms with Crippen molar-refractivity contribution in [2.45, 2.75) is 96.8 Å². The van der Waals surface area contributed by atoms with Crippen LogP contribution in [0.4, 0.5) is 0 Å². The second-order valence-electron chi connectivity index (χ2n) is 8.15. The number of unbranched alkanes of at least 4 members (excludes halogenated alkanes) is 12. The van der Waals surface area contributed by atoms with Crippen LogP contribution in [0.2, 0.25) is 0 Å². The van der Waals surface area contributed by atoms with E-state index in [1.54, 1.807) is 0 Å². The Bertz CT molecular complexity index is 635. The molecule has 0 amide bonds. The van der Waals surface area contributed by atoms with Gasteiger partial charge in [-0.05, 0) is 43.1 Å². The van der Waals surface area contributed by atoms with Gasteiger partial charge in [-0.2, -0.15) is 0 Å². The lowest BCUT2D eigenvalue weighted by molar-refractivity contribution is 0.304. The minimum atomic E-state index is 0.678. The van der Waals surface area contributed by atoms with Crippen LogP contribution in [-0.2, 0) is 6.42 Å². The van der Waals surface area contributed by atoms with Gasteiger partial charge in [0.2, 0.25) is 0 Å². The smallest absolute Gasteiger partial charge is 0.120 e. The van der Waals surface area contributed by atoms with Gasteiger partial charge < -0.3 is 15.5 Å². The maximum absolute atomic E-state index is 5.97. The third kappa shape index (κ3) is 8.68. The number of nitrogens with one attached hydrogen (secondary N) is 1. The van der Waals surface area contributed by atoms with Crippen LogP contribution in [0.25, 0.3) is 10.9 Å². The maximum atomic E-state index is 5.97. The lowest BCUT2D eigenvalue weighted by atomic mass is 10.0. The van der Waals surface area contributed by atoms with Gasteiger partial charge in [0.25, 0.3) is 0 Å². The Labute approximate surface area is 172 Å². The van der Waals surface area contributed by atoms with Crippen molar-refractivity contribution in [1.82, 2.24) is 4.98 Å². The molecule has 0 saturated carbocycles. The van der Waals surface area contributed by atoms with Gasteiger partial charge in [-0.25, -0.2) is 0 Å². The number of hydrogen-bond donors (Lipinski definition) is 2. The van der Waals surface area contributed by atoms with Gasteiger partial charge in [-0.15, -0.1) is 0 Å². The van der Waals surface area contributed by atoms with Gasteiger partial charge in [-0.3, -0.25) is 0 Å². The Morgan fingerprint density at radius 1 is 0.821 bits per heavy atom. The molecule has 0 radical (unpaired) electrons. The Hall–Kier alpha value is -1.48. The molecule has 1 heterocycles. The largest absolute Gasteiger partial charge is 0.494 e. The summed E-state index contributed by atoms with van der Waals surface area (Å²) in [6.45, 7) is 3.78. The second kappa shape index (κ2) is 14.5. The zero-order chi connectivity index (χ0) is 19.9. The van der Waals surface area contributed by atoms with E-state index in [0.29, 0.717) is 6.54 Å². The normalized spacial score (nSPS) is 11.4. The summed E-state index contributed by atoms with van der Waals surface area (Å²) in [7, 11) is 0. The molecule has 0 aliphatic heterocycles. The highest BCUT2D eigenvalue weighted by Crippen LogP contribution is 2.24. The van der Waals surface area contributed by atoms with E-state index >= 15 is 0 Å². The summed E-state index contributed by atoms with van der Waals surface area (Å²) < 4.78 is 5.97. The Morgan fingerprint density at radius 3 is 2.04 bits per heavy atom. The van der Waals surface area contributed by atoms with Gasteiger partial charge in [0.1, 0.15) is 5.75 Å². The lowest BCUT2D eigenvalue weighted by Crippen LogP contribution is -2.02. The average Bonchev–Trinajstić information content (AvgIpc) is 3.11. The van der Waals surface area contributed by atoms with E-state index in [2.05, 4.69) is 36.3 Å². The first-order chi connectivity index (χ1) is 13.8. The molecule has 0 saturated heterocycles. The first kappa shape index (κ1) is 22.8. The number of aromatic nitrogens is 1. The highest BCUT2D eigenvalue weighted by atomic mass is 16.5. The zero-order valence-corrected chi connectivity index (χ0v) is 18.1. The minimum absolute atomic E-state index is 0.678. The van der Waals surface area contributed by atoms with Crippen molar-refractivity contribution in [3.8, 4) is 5.75 Å². The number of ether oxygens (including phenoxy) is 1. The van der Waals surface area contributed by atoms with Gasteiger partial charge in [0.05, 0.1) is 6.61 Å². The van der Waals surface area contributed by atoms with E-state index in [4.69, 9.17) is 10.5 Å². The molecule has 3 heteroatoms. The van der Waals surface area contributed by atoms with E-state index in [1.165, 1.54) is 88.0 Å². The molecule has 0 aliphatic carbocycles. The summed E-state index contributed by atoms with van der Waals surface area (Å²) in [5.41, 5.74) is 8.14. The third-order valence-electron chi connectivity index (χ3n) is 5.67. The van der Waals surface area contributed by atoms with Crippen molar-refractivity contribution >= 4 is 10.9 Å². The molecule has 3 nitrogen and oxygen atoms in total. The fraction of sp³-hybridized carbons (Fsp3) is 0.680. The summed E-state index contributed by atoms with van der Waals surface area (Å²) in [5.74, 6) is 0.976. The fourth-order valence-electron chi connectivity index (χ4n) is 3.92. The van der Waals surface area contributed by atoms with Gasteiger partial charge in [0.15, 0.2) is 0 Å². The molecule has 0 unspecified atom stereocenters. The number of hydrogen-bond acceptors (Lipinski definition) is 2. The number of nitrogens with two attached hydrogens (primary N) is 1. The van der Waals surface area contributed by atoms with Gasteiger partial charge in [0, 0.05) is 17.1 Å². The van der Waals surface area contributed by atoms with Crippen molar-refractivity contribution in [1.29, 1.82) is 0 Å². The molecule has 0 bridgehead atoms. The summed E-state index contributed by atoms with van der Waals surface area (Å²) >= 11 is 0.